The van der Waals surface area contributed by atoms with Gasteiger partial charge in [-0.1, -0.05) is 279 Å². The first-order chi connectivity index (χ1) is 50.1. The fourth-order valence-electron chi connectivity index (χ4n) is 12.9. The molecule has 0 unspecified atom stereocenters. The van der Waals surface area contributed by atoms with Gasteiger partial charge in [0, 0.05) is 76.4 Å². The van der Waals surface area contributed by atoms with Crippen molar-refractivity contribution in [2.24, 2.45) is 0 Å². The van der Waals surface area contributed by atoms with Crippen LogP contribution in [0.2, 0.25) is 0 Å². The molecule has 6 heterocycles. The van der Waals surface area contributed by atoms with Crippen LogP contribution in [0.5, 0.6) is 0 Å². The summed E-state index contributed by atoms with van der Waals surface area (Å²) in [7, 11) is 0. The maximum Gasteiger partial charge on any atom is 3.00 e. The SMILES string of the molecule is O=[N+]([O-])[O-].O=[N+]([O-])[O-].[Ni+3].[Ni+3].c1ccc(CN(Cc2ccccn2)Cc2ccccn2)nc1.c1ccc(CN(Cc2ccccn2)Cc2ccccn2)nc1.c1ccc([B-](c2ccccc2)(c2ccccc2)c2ccccc2)cc1.c1ccc([B-](c2ccccc2)(c2ccccc2)c2ccccc2)cc1. The minimum absolute atomic E-state index is 0. The fraction of sp³-hybridized carbons (Fsp3) is 0.0714. The Morgan fingerprint density at radius 2 is 0.327 bits per heavy atom. The standard InChI is InChI=1S/2C24H20B.2C18H18N4.2NO3.2Ni/c2*1-5-13-21(14-6-1)25(22-15-7-2-8-16-22,23-17-9-3-10-18-23)24-19-11-4-12-20-24;2*1-4-10-19-16(7-1)13-22(14-17-8-2-5-11-20-17)15-18-9-3-6-12-21-18;2*2-1(3)4;;/h2*1-20H;2*1-12H,13-15H2;;;;/q2*-1;;;2*-1;2*+3. The quantitative estimate of drug-likeness (QED) is 0.0394. The van der Waals surface area contributed by atoms with Crippen LogP contribution in [-0.4, -0.2) is 62.2 Å². The van der Waals surface area contributed by atoms with E-state index in [1.807, 2.05) is 146 Å². The average molecular weight is 1460 g/mol. The molecule has 0 bridgehead atoms. The molecule has 0 atom stereocenters. The molecule has 14 rings (SSSR count). The number of hydrogen-bond acceptors (Lipinski definition) is 14. The molecular formula is C84H76B2N10Ni2O6+2. The first-order valence-electron chi connectivity index (χ1n) is 33.3. The second-order valence-corrected chi connectivity index (χ2v) is 23.7. The normalized spacial score (nSPS) is 10.4. The van der Waals surface area contributed by atoms with Crippen LogP contribution in [0.3, 0.4) is 0 Å². The second-order valence-electron chi connectivity index (χ2n) is 23.7. The average Bonchev–Trinajstić information content (AvgIpc) is 0.746. The van der Waals surface area contributed by atoms with Gasteiger partial charge in [0.15, 0.2) is 0 Å². The largest absolute Gasteiger partial charge is 3.00 e. The maximum absolute atomic E-state index is 8.25. The summed E-state index contributed by atoms with van der Waals surface area (Å²) in [6, 6.07) is 123. The van der Waals surface area contributed by atoms with Crippen molar-refractivity contribution in [2.75, 3.05) is 0 Å². The molecule has 8 aromatic carbocycles. The number of hydrogen-bond donors (Lipinski definition) is 0. The van der Waals surface area contributed by atoms with E-state index in [0.29, 0.717) is 0 Å². The van der Waals surface area contributed by atoms with Gasteiger partial charge >= 0.3 is 33.0 Å². The van der Waals surface area contributed by atoms with E-state index < -0.39 is 22.5 Å². The van der Waals surface area contributed by atoms with E-state index in [1.165, 1.54) is 43.7 Å². The van der Waals surface area contributed by atoms with E-state index >= 15 is 0 Å². The smallest absolute Gasteiger partial charge is 0.356 e. The zero-order valence-electron chi connectivity index (χ0n) is 56.9. The predicted octanol–water partition coefficient (Wildman–Crippen LogP) is 11.8. The van der Waals surface area contributed by atoms with E-state index in [-0.39, 0.29) is 33.0 Å². The van der Waals surface area contributed by atoms with Gasteiger partial charge in [0.05, 0.1) is 44.3 Å². The molecule has 0 aliphatic heterocycles. The molecule has 14 aromatic rings. The molecule has 0 fully saturated rings. The molecule has 0 spiro atoms. The Morgan fingerprint density at radius 3 is 0.433 bits per heavy atom. The van der Waals surface area contributed by atoms with Crippen molar-refractivity contribution in [1.82, 2.24) is 39.7 Å². The van der Waals surface area contributed by atoms with Crippen molar-refractivity contribution in [1.29, 1.82) is 0 Å². The van der Waals surface area contributed by atoms with Gasteiger partial charge in [0.2, 0.25) is 0 Å². The molecule has 2 radical (unpaired) electrons. The van der Waals surface area contributed by atoms with Gasteiger partial charge in [-0.05, 0) is 72.8 Å². The van der Waals surface area contributed by atoms with E-state index in [1.54, 1.807) is 0 Å². The van der Waals surface area contributed by atoms with Crippen LogP contribution < -0.4 is 43.7 Å². The summed E-state index contributed by atoms with van der Waals surface area (Å²) in [5, 5.41) is 29.5. The summed E-state index contributed by atoms with van der Waals surface area (Å²) < 4.78 is 0. The van der Waals surface area contributed by atoms with Crippen LogP contribution in [0.15, 0.2) is 389 Å². The molecule has 0 aliphatic rings. The molecule has 0 N–H and O–H groups in total. The Kier molecular flexibility index (Phi) is 33.4. The molecule has 0 saturated carbocycles. The summed E-state index contributed by atoms with van der Waals surface area (Å²) in [6.07, 6.45) is 8.54. The van der Waals surface area contributed by atoms with Crippen LogP contribution in [0.1, 0.15) is 34.2 Å². The molecule has 104 heavy (non-hydrogen) atoms. The van der Waals surface area contributed by atoms with E-state index in [4.69, 9.17) is 30.6 Å². The fourth-order valence-corrected chi connectivity index (χ4v) is 12.9. The van der Waals surface area contributed by atoms with Crippen molar-refractivity contribution in [2.45, 2.75) is 39.3 Å². The number of pyridine rings is 6. The third-order valence-corrected chi connectivity index (χ3v) is 17.1. The molecule has 0 saturated heterocycles. The molecule has 16 nitrogen and oxygen atoms in total. The third-order valence-electron chi connectivity index (χ3n) is 17.1. The topological polar surface area (TPSA) is 216 Å². The monoisotopic (exact) mass is 1460 g/mol. The molecule has 522 valence electrons. The summed E-state index contributed by atoms with van der Waals surface area (Å²) in [5.74, 6) is 0. The number of nitrogens with zero attached hydrogens (tertiary/aromatic N) is 10. The van der Waals surface area contributed by atoms with E-state index in [2.05, 4.69) is 282 Å². The van der Waals surface area contributed by atoms with Crippen LogP contribution >= 0.6 is 0 Å². The van der Waals surface area contributed by atoms with E-state index in [0.717, 1.165) is 73.4 Å². The van der Waals surface area contributed by atoms with Crippen molar-refractivity contribution in [3.05, 3.63) is 454 Å². The van der Waals surface area contributed by atoms with Crippen molar-refractivity contribution in [3.8, 4) is 0 Å². The summed E-state index contributed by atoms with van der Waals surface area (Å²) in [5.41, 5.74) is 17.0. The minimum atomic E-state index is -1.75. The third kappa shape index (κ3) is 24.1. The Bertz CT molecular complexity index is 3770. The Labute approximate surface area is 627 Å². The van der Waals surface area contributed by atoms with Crippen molar-refractivity contribution < 1.29 is 43.2 Å². The second kappa shape index (κ2) is 43.7. The Balaban J connectivity index is 0.000000186. The van der Waals surface area contributed by atoms with Crippen LogP contribution in [0.4, 0.5) is 0 Å². The summed E-state index contributed by atoms with van der Waals surface area (Å²) >= 11 is 0. The molecule has 0 aliphatic carbocycles. The number of aromatic nitrogens is 6. The first kappa shape index (κ1) is 79.4. The molecule has 0 amide bonds. The molecular weight excluding hydrogens is 1380 g/mol. The predicted molar refractivity (Wildman–Crippen MR) is 412 cm³/mol. The molecule has 20 heteroatoms. The summed E-state index contributed by atoms with van der Waals surface area (Å²) in [4.78, 5) is 47.6. The van der Waals surface area contributed by atoms with Crippen LogP contribution in [-0.2, 0) is 72.3 Å². The minimum Gasteiger partial charge on any atom is -0.356 e. The van der Waals surface area contributed by atoms with Gasteiger partial charge in [-0.3, -0.25) is 39.7 Å². The molecule has 6 aromatic heterocycles. The zero-order chi connectivity index (χ0) is 71.1. The van der Waals surface area contributed by atoms with Gasteiger partial charge in [-0.15, -0.1) is 0 Å². The summed E-state index contributed by atoms with van der Waals surface area (Å²) in [6.45, 7) is 4.63. The van der Waals surface area contributed by atoms with E-state index in [9.17, 15) is 0 Å². The zero-order valence-corrected chi connectivity index (χ0v) is 58.9. The van der Waals surface area contributed by atoms with Gasteiger partial charge in [0.25, 0.3) is 0 Å². The Morgan fingerprint density at radius 1 is 0.212 bits per heavy atom. The number of benzene rings is 8. The van der Waals surface area contributed by atoms with Crippen molar-refractivity contribution in [3.63, 3.8) is 0 Å². The van der Waals surface area contributed by atoms with Crippen LogP contribution in [0.25, 0.3) is 0 Å². The van der Waals surface area contributed by atoms with Gasteiger partial charge < -0.3 is 30.6 Å². The Hall–Kier alpha value is -11.9. The van der Waals surface area contributed by atoms with Gasteiger partial charge in [-0.25, -0.2) is 0 Å². The van der Waals surface area contributed by atoms with Gasteiger partial charge in [0.1, 0.15) is 12.3 Å². The maximum atomic E-state index is 8.25. The van der Waals surface area contributed by atoms with Crippen molar-refractivity contribution >= 4 is 56.0 Å². The van der Waals surface area contributed by atoms with Gasteiger partial charge in [-0.2, -0.15) is 43.7 Å². The number of rotatable bonds is 20. The first-order valence-corrected chi connectivity index (χ1v) is 33.3. The van der Waals surface area contributed by atoms with Crippen LogP contribution in [0, 0.1) is 30.6 Å².